The number of aromatic amines is 2. The van der Waals surface area contributed by atoms with Crippen molar-refractivity contribution in [1.29, 1.82) is 0 Å². The highest BCUT2D eigenvalue weighted by Gasteiger charge is 2.13. The van der Waals surface area contributed by atoms with E-state index in [0.717, 1.165) is 57.3 Å². The molecule has 2 aromatic carbocycles. The molecule has 2 heterocycles. The Bertz CT molecular complexity index is 1110. The zero-order valence-electron chi connectivity index (χ0n) is 17.8. The summed E-state index contributed by atoms with van der Waals surface area (Å²) in [5, 5.41) is 5.92. The van der Waals surface area contributed by atoms with Crippen molar-refractivity contribution in [3.63, 3.8) is 0 Å². The summed E-state index contributed by atoms with van der Waals surface area (Å²) in [6.45, 7) is 5.02. The Kier molecular flexibility index (Phi) is 5.95. The van der Waals surface area contributed by atoms with Gasteiger partial charge < -0.3 is 14.8 Å². The molecule has 2 aromatic heterocycles. The van der Waals surface area contributed by atoms with Crippen molar-refractivity contribution < 1.29 is 19.4 Å². The molecule has 154 valence electrons. The van der Waals surface area contributed by atoms with Gasteiger partial charge in [-0.15, -0.1) is 11.8 Å². The number of nitrogens with one attached hydrogen (secondary N) is 3. The second-order valence-corrected chi connectivity index (χ2v) is 8.42. The van der Waals surface area contributed by atoms with E-state index in [-0.39, 0.29) is 0 Å². The Morgan fingerprint density at radius 3 is 2.07 bits per heavy atom. The highest BCUT2D eigenvalue weighted by molar-refractivity contribution is 7.99. The van der Waals surface area contributed by atoms with Gasteiger partial charge in [0.2, 0.25) is 11.0 Å². The fraction of sp³-hybridized carbons (Fsp3) is 0.250. The van der Waals surface area contributed by atoms with Crippen LogP contribution in [0.4, 0.5) is 5.69 Å². The monoisotopic (exact) mass is 421 g/mol. The van der Waals surface area contributed by atoms with Crippen molar-refractivity contribution >= 4 is 39.3 Å². The van der Waals surface area contributed by atoms with Crippen LogP contribution in [-0.2, 0) is 0 Å². The lowest BCUT2D eigenvalue weighted by molar-refractivity contribution is -0.355. The molecule has 0 atom stereocenters. The highest BCUT2D eigenvalue weighted by Crippen LogP contribution is 2.30. The number of thioether (sulfide) groups is 1. The molecule has 30 heavy (non-hydrogen) atoms. The molecule has 0 aliphatic carbocycles. The van der Waals surface area contributed by atoms with E-state index in [0.29, 0.717) is 0 Å². The lowest BCUT2D eigenvalue weighted by atomic mass is 10.1. The molecule has 0 saturated heterocycles. The van der Waals surface area contributed by atoms with Crippen LogP contribution >= 0.6 is 11.8 Å². The zero-order valence-corrected chi connectivity index (χ0v) is 18.6. The van der Waals surface area contributed by atoms with E-state index in [1.54, 1.807) is 14.2 Å². The molecule has 0 bridgehead atoms. The molecule has 0 aliphatic rings. The number of aromatic nitrogens is 2. The first-order chi connectivity index (χ1) is 14.6. The minimum atomic E-state index is 0.851. The van der Waals surface area contributed by atoms with Gasteiger partial charge in [-0.05, 0) is 24.3 Å². The maximum absolute atomic E-state index is 5.41. The SMILES string of the molecule is COc1ccc2[nH+]c(C)cc(NCCSc3cc(C)[nH+]c4ccc(OC)cc34)c2c1. The standard InChI is InChI=1S/C24H25N3O2S/c1-15-11-23(19-13-17(28-3)5-7-21(19)26-15)25-9-10-30-24-12-16(2)27-22-8-6-18(29-4)14-20(22)24/h5-8,11-14H,9-10H2,1-4H3,(H,25,26)/p+2. The van der Waals surface area contributed by atoms with E-state index in [1.807, 2.05) is 23.9 Å². The number of fused-ring (bicyclic) bond motifs is 2. The van der Waals surface area contributed by atoms with Crippen LogP contribution in [0.3, 0.4) is 0 Å². The fourth-order valence-electron chi connectivity index (χ4n) is 3.62. The minimum absolute atomic E-state index is 0.851. The topological polar surface area (TPSA) is 58.8 Å². The largest absolute Gasteiger partial charge is 0.497 e. The first-order valence-corrected chi connectivity index (χ1v) is 10.9. The molecule has 6 heteroatoms. The molecule has 0 saturated carbocycles. The Labute approximate surface area is 180 Å². The van der Waals surface area contributed by atoms with Crippen LogP contribution in [0, 0.1) is 13.8 Å². The molecule has 0 spiro atoms. The molecule has 0 aliphatic heterocycles. The van der Waals surface area contributed by atoms with E-state index in [1.165, 1.54) is 10.3 Å². The van der Waals surface area contributed by atoms with Crippen LogP contribution in [0.25, 0.3) is 21.8 Å². The predicted molar refractivity (Wildman–Crippen MR) is 123 cm³/mol. The third-order valence-electron chi connectivity index (χ3n) is 5.06. The Hall–Kier alpha value is -2.99. The van der Waals surface area contributed by atoms with Crippen LogP contribution < -0.4 is 24.8 Å². The molecule has 0 amide bonds. The van der Waals surface area contributed by atoms with E-state index in [9.17, 15) is 0 Å². The molecule has 4 aromatic rings. The molecule has 0 unspecified atom stereocenters. The second-order valence-electron chi connectivity index (χ2n) is 7.28. The number of H-pyrrole nitrogens is 2. The number of ether oxygens (including phenoxy) is 2. The van der Waals surface area contributed by atoms with Gasteiger partial charge in [0.05, 0.1) is 30.7 Å². The maximum Gasteiger partial charge on any atom is 0.213 e. The van der Waals surface area contributed by atoms with Gasteiger partial charge in [0.1, 0.15) is 11.5 Å². The van der Waals surface area contributed by atoms with Crippen molar-refractivity contribution in [1.82, 2.24) is 0 Å². The van der Waals surface area contributed by atoms with E-state index in [4.69, 9.17) is 9.47 Å². The van der Waals surface area contributed by atoms with Gasteiger partial charge in [-0.1, -0.05) is 0 Å². The number of hydrogen-bond donors (Lipinski definition) is 1. The van der Waals surface area contributed by atoms with Crippen molar-refractivity contribution in [3.05, 3.63) is 59.9 Å². The van der Waals surface area contributed by atoms with Crippen LogP contribution in [0.1, 0.15) is 11.4 Å². The van der Waals surface area contributed by atoms with E-state index < -0.39 is 0 Å². The summed E-state index contributed by atoms with van der Waals surface area (Å²) in [6, 6.07) is 16.6. The molecule has 0 radical (unpaired) electrons. The maximum atomic E-state index is 5.41. The van der Waals surface area contributed by atoms with Crippen LogP contribution in [0.15, 0.2) is 53.4 Å². The minimum Gasteiger partial charge on any atom is -0.497 e. The number of rotatable bonds is 7. The summed E-state index contributed by atoms with van der Waals surface area (Å²) in [5.74, 6) is 2.67. The number of methoxy groups -OCH3 is 2. The average Bonchev–Trinajstić information content (AvgIpc) is 2.75. The lowest BCUT2D eigenvalue weighted by Gasteiger charge is -2.10. The Morgan fingerprint density at radius 2 is 1.40 bits per heavy atom. The van der Waals surface area contributed by atoms with E-state index >= 15 is 0 Å². The number of anilines is 1. The van der Waals surface area contributed by atoms with Crippen LogP contribution in [0.5, 0.6) is 11.5 Å². The summed E-state index contributed by atoms with van der Waals surface area (Å²) in [4.78, 5) is 8.11. The van der Waals surface area contributed by atoms with Crippen molar-refractivity contribution in [2.24, 2.45) is 0 Å². The van der Waals surface area contributed by atoms with E-state index in [2.05, 4.69) is 65.5 Å². The summed E-state index contributed by atoms with van der Waals surface area (Å²) in [7, 11) is 3.40. The average molecular weight is 422 g/mol. The van der Waals surface area contributed by atoms with Gasteiger partial charge in [-0.3, -0.25) is 0 Å². The van der Waals surface area contributed by atoms with Gasteiger partial charge in [-0.25, -0.2) is 9.97 Å². The van der Waals surface area contributed by atoms with Crippen LogP contribution in [-0.4, -0.2) is 26.5 Å². The summed E-state index contributed by atoms with van der Waals surface area (Å²) in [6.07, 6.45) is 0. The molecule has 5 nitrogen and oxygen atoms in total. The van der Waals surface area contributed by atoms with Crippen LogP contribution in [0.2, 0.25) is 0 Å². The summed E-state index contributed by atoms with van der Waals surface area (Å²) >= 11 is 1.85. The van der Waals surface area contributed by atoms with Gasteiger partial charge in [-0.2, -0.15) is 0 Å². The predicted octanol–water partition coefficient (Wildman–Crippen LogP) is 4.46. The lowest BCUT2D eigenvalue weighted by Crippen LogP contribution is -2.12. The molecular weight excluding hydrogens is 394 g/mol. The first kappa shape index (κ1) is 20.3. The highest BCUT2D eigenvalue weighted by atomic mass is 32.2. The molecule has 3 N–H and O–H groups in total. The molecular formula is C24H27N3O2S+2. The summed E-state index contributed by atoms with van der Waals surface area (Å²) in [5.41, 5.74) is 5.60. The number of aryl methyl sites for hydroxylation is 2. The molecule has 4 rings (SSSR count). The zero-order chi connectivity index (χ0) is 21.1. The third kappa shape index (κ3) is 4.28. The fourth-order valence-corrected chi connectivity index (χ4v) is 4.63. The van der Waals surface area contributed by atoms with Crippen molar-refractivity contribution in [2.75, 3.05) is 31.8 Å². The Balaban J connectivity index is 1.52. The Morgan fingerprint density at radius 1 is 0.800 bits per heavy atom. The first-order valence-electron chi connectivity index (χ1n) is 9.95. The smallest absolute Gasteiger partial charge is 0.213 e. The van der Waals surface area contributed by atoms with Gasteiger partial charge >= 0.3 is 0 Å². The summed E-state index contributed by atoms with van der Waals surface area (Å²) < 4.78 is 10.8. The number of pyridine rings is 2. The van der Waals surface area contributed by atoms with Gasteiger partial charge in [0.25, 0.3) is 0 Å². The molecule has 0 fully saturated rings. The number of hydrogen-bond acceptors (Lipinski definition) is 4. The van der Waals surface area contributed by atoms with Gasteiger partial charge in [0, 0.05) is 55.3 Å². The van der Waals surface area contributed by atoms with Gasteiger partial charge in [0.15, 0.2) is 11.4 Å². The normalized spacial score (nSPS) is 11.1. The van der Waals surface area contributed by atoms with Crippen molar-refractivity contribution in [3.8, 4) is 11.5 Å². The quantitative estimate of drug-likeness (QED) is 0.354. The third-order valence-corrected chi connectivity index (χ3v) is 6.11. The van der Waals surface area contributed by atoms with Crippen molar-refractivity contribution in [2.45, 2.75) is 18.7 Å². The number of benzene rings is 2. The second kappa shape index (κ2) is 8.79.